The molecule has 3 rings (SSSR count). The molecule has 1 saturated heterocycles. The van der Waals surface area contributed by atoms with Crippen LogP contribution in [-0.4, -0.2) is 53.9 Å². The predicted octanol–water partition coefficient (Wildman–Crippen LogP) is 2.77. The standard InChI is InChI=1S/C18H19F3N4O5S2/c1-2-30-17(27)14-16(31-24-23-14)22-15(26)11-7-9-25(10-8-11)32(28,29)13-6-4-3-5-12(13)18(19,20)21/h3-6,11H,2,7-10H2,1H3,(H,22,26). The first-order chi connectivity index (χ1) is 15.1. The van der Waals surface area contributed by atoms with Crippen molar-refractivity contribution in [3.05, 3.63) is 35.5 Å². The van der Waals surface area contributed by atoms with Gasteiger partial charge in [0.1, 0.15) is 0 Å². The van der Waals surface area contributed by atoms with Gasteiger partial charge in [-0.3, -0.25) is 4.79 Å². The maximum atomic E-state index is 13.3. The van der Waals surface area contributed by atoms with Gasteiger partial charge in [0.15, 0.2) is 5.00 Å². The van der Waals surface area contributed by atoms with E-state index in [1.165, 1.54) is 6.07 Å². The van der Waals surface area contributed by atoms with E-state index in [0.29, 0.717) is 0 Å². The number of ether oxygens (including phenoxy) is 1. The minimum Gasteiger partial charge on any atom is -0.461 e. The summed E-state index contributed by atoms with van der Waals surface area (Å²) in [7, 11) is -4.40. The number of esters is 1. The molecule has 2 heterocycles. The number of amides is 1. The lowest BCUT2D eigenvalue weighted by Gasteiger charge is -2.31. The number of alkyl halides is 3. The van der Waals surface area contributed by atoms with Crippen molar-refractivity contribution in [3.8, 4) is 0 Å². The van der Waals surface area contributed by atoms with Gasteiger partial charge in [-0.2, -0.15) is 17.5 Å². The number of carbonyl (C=O) groups excluding carboxylic acids is 2. The third-order valence-electron chi connectivity index (χ3n) is 4.83. The largest absolute Gasteiger partial charge is 0.461 e. The zero-order valence-electron chi connectivity index (χ0n) is 16.8. The summed E-state index contributed by atoms with van der Waals surface area (Å²) in [6.45, 7) is 1.48. The van der Waals surface area contributed by atoms with Gasteiger partial charge in [-0.15, -0.1) is 5.10 Å². The van der Waals surface area contributed by atoms with Gasteiger partial charge >= 0.3 is 12.1 Å². The van der Waals surface area contributed by atoms with Gasteiger partial charge in [-0.25, -0.2) is 13.2 Å². The van der Waals surface area contributed by atoms with E-state index in [9.17, 15) is 31.2 Å². The minimum atomic E-state index is -4.82. The molecule has 0 spiro atoms. The first-order valence-corrected chi connectivity index (χ1v) is 11.7. The van der Waals surface area contributed by atoms with E-state index >= 15 is 0 Å². The van der Waals surface area contributed by atoms with Gasteiger partial charge in [0.05, 0.1) is 17.1 Å². The molecular weight excluding hydrogens is 473 g/mol. The van der Waals surface area contributed by atoms with E-state index in [2.05, 4.69) is 14.9 Å². The number of benzene rings is 1. The van der Waals surface area contributed by atoms with E-state index in [0.717, 1.165) is 34.0 Å². The van der Waals surface area contributed by atoms with Crippen molar-refractivity contribution in [2.45, 2.75) is 30.8 Å². The van der Waals surface area contributed by atoms with Crippen molar-refractivity contribution in [1.29, 1.82) is 0 Å². The van der Waals surface area contributed by atoms with Crippen LogP contribution in [0.2, 0.25) is 0 Å². The Morgan fingerprint density at radius 3 is 2.53 bits per heavy atom. The molecule has 174 valence electrons. The van der Waals surface area contributed by atoms with Crippen LogP contribution in [0.1, 0.15) is 35.8 Å². The van der Waals surface area contributed by atoms with Crippen LogP contribution < -0.4 is 5.32 Å². The van der Waals surface area contributed by atoms with Crippen molar-refractivity contribution in [2.24, 2.45) is 5.92 Å². The van der Waals surface area contributed by atoms with Gasteiger partial charge in [-0.1, -0.05) is 16.6 Å². The molecular formula is C18H19F3N4O5S2. The van der Waals surface area contributed by atoms with Gasteiger partial charge < -0.3 is 10.1 Å². The summed E-state index contributed by atoms with van der Waals surface area (Å²) in [6, 6.07) is 3.99. The Labute approximate surface area is 185 Å². The maximum absolute atomic E-state index is 13.3. The topological polar surface area (TPSA) is 119 Å². The van der Waals surface area contributed by atoms with Crippen LogP contribution in [0.5, 0.6) is 0 Å². The molecule has 0 bridgehead atoms. The smallest absolute Gasteiger partial charge is 0.417 e. The van der Waals surface area contributed by atoms with Crippen LogP contribution >= 0.6 is 11.5 Å². The fraction of sp³-hybridized carbons (Fsp3) is 0.444. The molecule has 1 aliphatic heterocycles. The lowest BCUT2D eigenvalue weighted by Crippen LogP contribution is -2.41. The molecule has 1 N–H and O–H groups in total. The van der Waals surface area contributed by atoms with Crippen LogP contribution in [0.25, 0.3) is 0 Å². The first-order valence-electron chi connectivity index (χ1n) is 9.52. The highest BCUT2D eigenvalue weighted by atomic mass is 32.2. The fourth-order valence-electron chi connectivity index (χ4n) is 3.24. The maximum Gasteiger partial charge on any atom is 0.417 e. The predicted molar refractivity (Wildman–Crippen MR) is 107 cm³/mol. The number of sulfonamides is 1. The minimum absolute atomic E-state index is 0.0974. The van der Waals surface area contributed by atoms with E-state index in [1.807, 2.05) is 0 Å². The fourth-order valence-corrected chi connectivity index (χ4v) is 5.49. The molecule has 9 nitrogen and oxygen atoms in total. The second kappa shape index (κ2) is 9.50. The third kappa shape index (κ3) is 5.07. The number of halogens is 3. The Hall–Kier alpha value is -2.58. The summed E-state index contributed by atoms with van der Waals surface area (Å²) >= 11 is 0.795. The van der Waals surface area contributed by atoms with Crippen molar-refractivity contribution in [3.63, 3.8) is 0 Å². The molecule has 0 aliphatic carbocycles. The highest BCUT2D eigenvalue weighted by Crippen LogP contribution is 2.36. The monoisotopic (exact) mass is 492 g/mol. The molecule has 1 fully saturated rings. The molecule has 1 aliphatic rings. The molecule has 0 unspecified atom stereocenters. The number of nitrogens with zero attached hydrogens (tertiary/aromatic N) is 3. The molecule has 14 heteroatoms. The molecule has 2 aromatic rings. The van der Waals surface area contributed by atoms with E-state index in [4.69, 9.17) is 4.74 Å². The normalized spacial score (nSPS) is 16.0. The second-order valence-corrected chi connectivity index (χ2v) is 9.49. The Morgan fingerprint density at radius 1 is 1.25 bits per heavy atom. The Kier molecular flexibility index (Phi) is 7.15. The number of piperidine rings is 1. The average molecular weight is 493 g/mol. The lowest BCUT2D eigenvalue weighted by atomic mass is 9.97. The summed E-state index contributed by atoms with van der Waals surface area (Å²) in [5.74, 6) is -1.80. The summed E-state index contributed by atoms with van der Waals surface area (Å²) in [4.78, 5) is 23.6. The van der Waals surface area contributed by atoms with Crippen LogP contribution in [0.15, 0.2) is 29.2 Å². The summed E-state index contributed by atoms with van der Waals surface area (Å²) in [6.07, 6.45) is -4.62. The van der Waals surface area contributed by atoms with Gasteiger partial charge in [0.2, 0.25) is 21.6 Å². The number of hydrogen-bond donors (Lipinski definition) is 1. The van der Waals surface area contributed by atoms with Gasteiger partial charge in [0.25, 0.3) is 0 Å². The third-order valence-corrected chi connectivity index (χ3v) is 7.43. The summed E-state index contributed by atoms with van der Waals surface area (Å²) in [5.41, 5.74) is -1.36. The van der Waals surface area contributed by atoms with E-state index < -0.39 is 44.5 Å². The number of anilines is 1. The number of aromatic nitrogens is 2. The van der Waals surface area contributed by atoms with Crippen molar-refractivity contribution >= 4 is 38.4 Å². The Bertz CT molecular complexity index is 1100. The Balaban J connectivity index is 1.68. The van der Waals surface area contributed by atoms with Crippen LogP contribution in [0.3, 0.4) is 0 Å². The molecule has 1 aromatic carbocycles. The number of carbonyl (C=O) groups is 2. The number of rotatable bonds is 6. The molecule has 1 aromatic heterocycles. The summed E-state index contributed by atoms with van der Waals surface area (Å²) < 4.78 is 74.8. The van der Waals surface area contributed by atoms with Crippen LogP contribution in [0, 0.1) is 5.92 Å². The molecule has 32 heavy (non-hydrogen) atoms. The quantitative estimate of drug-likeness (QED) is 0.616. The highest BCUT2D eigenvalue weighted by Gasteiger charge is 2.40. The van der Waals surface area contributed by atoms with Crippen LogP contribution in [0.4, 0.5) is 18.2 Å². The molecule has 1 amide bonds. The van der Waals surface area contributed by atoms with Crippen molar-refractivity contribution in [1.82, 2.24) is 13.9 Å². The number of hydrogen-bond acceptors (Lipinski definition) is 8. The van der Waals surface area contributed by atoms with Gasteiger partial charge in [-0.05, 0) is 31.9 Å². The van der Waals surface area contributed by atoms with E-state index in [-0.39, 0.29) is 43.2 Å². The molecule has 0 radical (unpaired) electrons. The SMILES string of the molecule is CCOC(=O)c1nnsc1NC(=O)C1CCN(S(=O)(=O)c2ccccc2C(F)(F)F)CC1. The van der Waals surface area contributed by atoms with Crippen molar-refractivity contribution < 1.29 is 35.9 Å². The zero-order valence-corrected chi connectivity index (χ0v) is 18.4. The first kappa shape index (κ1) is 24.1. The molecule has 0 atom stereocenters. The van der Waals surface area contributed by atoms with Crippen molar-refractivity contribution in [2.75, 3.05) is 25.0 Å². The average Bonchev–Trinajstić information content (AvgIpc) is 3.21. The lowest BCUT2D eigenvalue weighted by molar-refractivity contribution is -0.139. The summed E-state index contributed by atoms with van der Waals surface area (Å²) in [5, 5.41) is 6.30. The Morgan fingerprint density at radius 2 is 1.91 bits per heavy atom. The molecule has 0 saturated carbocycles. The van der Waals surface area contributed by atoms with E-state index in [1.54, 1.807) is 6.92 Å². The second-order valence-electron chi connectivity index (χ2n) is 6.83. The number of nitrogens with one attached hydrogen (secondary N) is 1. The van der Waals surface area contributed by atoms with Gasteiger partial charge in [0, 0.05) is 30.5 Å². The zero-order chi connectivity index (χ0) is 23.5. The highest BCUT2D eigenvalue weighted by molar-refractivity contribution is 7.89. The van der Waals surface area contributed by atoms with Crippen LogP contribution in [-0.2, 0) is 25.7 Å².